The van der Waals surface area contributed by atoms with E-state index >= 15 is 0 Å². The number of carbonyl (C=O) groups excluding carboxylic acids is 1. The number of methoxy groups -OCH3 is 1. The first kappa shape index (κ1) is 21.7. The molecule has 28 heavy (non-hydrogen) atoms. The molecule has 1 N–H and O–H groups in total. The van der Waals surface area contributed by atoms with E-state index in [9.17, 15) is 13.6 Å². The van der Waals surface area contributed by atoms with Gasteiger partial charge < -0.3 is 14.8 Å². The predicted octanol–water partition coefficient (Wildman–Crippen LogP) is 4.76. The van der Waals surface area contributed by atoms with Crippen LogP contribution in [0.25, 0.3) is 6.08 Å². The Balaban J connectivity index is 2.13. The van der Waals surface area contributed by atoms with Gasteiger partial charge in [0.15, 0.2) is 11.5 Å². The average molecular weight is 414 g/mol. The molecule has 0 unspecified atom stereocenters. The molecule has 0 radical (unpaired) electrons. The van der Waals surface area contributed by atoms with Crippen molar-refractivity contribution in [3.8, 4) is 11.5 Å². The second kappa shape index (κ2) is 9.54. The minimum atomic E-state index is -3.01. The predicted molar refractivity (Wildman–Crippen MR) is 104 cm³/mol. The molecule has 0 saturated carbocycles. The third kappa shape index (κ3) is 5.69. The van der Waals surface area contributed by atoms with E-state index < -0.39 is 12.5 Å². The number of rotatable bonds is 8. The minimum absolute atomic E-state index is 0.133. The second-order valence-electron chi connectivity index (χ2n) is 6.43. The van der Waals surface area contributed by atoms with Crippen LogP contribution in [0.5, 0.6) is 11.5 Å². The standard InChI is InChI=1S/C19H22ClF2N3O3/c1-11(2)10-25-18(20)14(12(3)24-25)6-8-17(26)23-13-5-7-15(27-4)16(9-13)28-19(21)22/h5-9,11,19H,10H2,1-4H3,(H,23,26)/b8-6+. The summed E-state index contributed by atoms with van der Waals surface area (Å²) in [6, 6.07) is 4.20. The number of anilines is 1. The summed E-state index contributed by atoms with van der Waals surface area (Å²) in [5.74, 6) is -0.126. The Bertz CT molecular complexity index is 866. The highest BCUT2D eigenvalue weighted by atomic mass is 35.5. The van der Waals surface area contributed by atoms with Crippen LogP contribution in [0.1, 0.15) is 25.1 Å². The van der Waals surface area contributed by atoms with Crippen LogP contribution in [0, 0.1) is 12.8 Å². The molecule has 0 aliphatic heterocycles. The van der Waals surface area contributed by atoms with Gasteiger partial charge in [0.1, 0.15) is 5.15 Å². The van der Waals surface area contributed by atoms with Crippen LogP contribution in [0.2, 0.25) is 5.15 Å². The fourth-order valence-electron chi connectivity index (χ4n) is 2.51. The van der Waals surface area contributed by atoms with Gasteiger partial charge in [-0.05, 0) is 31.1 Å². The van der Waals surface area contributed by atoms with Gasteiger partial charge in [0.25, 0.3) is 0 Å². The summed E-state index contributed by atoms with van der Waals surface area (Å²) in [7, 11) is 1.33. The van der Waals surface area contributed by atoms with Crippen LogP contribution < -0.4 is 14.8 Å². The molecule has 2 aromatic rings. The SMILES string of the molecule is COc1ccc(NC(=O)/C=C/c2c(C)nn(CC(C)C)c2Cl)cc1OC(F)F. The third-order valence-corrected chi connectivity index (χ3v) is 4.09. The summed E-state index contributed by atoms with van der Waals surface area (Å²) in [5.41, 5.74) is 1.63. The molecule has 2 rings (SSSR count). The summed E-state index contributed by atoms with van der Waals surface area (Å²) in [5, 5.41) is 7.40. The molecule has 152 valence electrons. The van der Waals surface area contributed by atoms with Gasteiger partial charge in [-0.15, -0.1) is 0 Å². The lowest BCUT2D eigenvalue weighted by Gasteiger charge is -2.11. The maximum atomic E-state index is 12.5. The second-order valence-corrected chi connectivity index (χ2v) is 6.79. The smallest absolute Gasteiger partial charge is 0.387 e. The number of carbonyl (C=O) groups is 1. The molecule has 0 aliphatic rings. The topological polar surface area (TPSA) is 65.4 Å². The zero-order chi connectivity index (χ0) is 20.8. The van der Waals surface area contributed by atoms with Crippen molar-refractivity contribution in [1.29, 1.82) is 0 Å². The number of nitrogens with zero attached hydrogens (tertiary/aromatic N) is 2. The van der Waals surface area contributed by atoms with Crippen molar-refractivity contribution in [3.63, 3.8) is 0 Å². The van der Waals surface area contributed by atoms with Crippen molar-refractivity contribution in [1.82, 2.24) is 9.78 Å². The maximum absolute atomic E-state index is 12.5. The van der Waals surface area contributed by atoms with E-state index in [4.69, 9.17) is 16.3 Å². The summed E-state index contributed by atoms with van der Waals surface area (Å²) in [6.45, 7) is 3.57. The number of amides is 1. The highest BCUT2D eigenvalue weighted by molar-refractivity contribution is 6.31. The van der Waals surface area contributed by atoms with Crippen molar-refractivity contribution < 1.29 is 23.0 Å². The van der Waals surface area contributed by atoms with Crippen molar-refractivity contribution in [3.05, 3.63) is 40.7 Å². The molecule has 0 atom stereocenters. The minimum Gasteiger partial charge on any atom is -0.493 e. The normalized spacial score (nSPS) is 11.5. The largest absolute Gasteiger partial charge is 0.493 e. The number of halogens is 3. The van der Waals surface area contributed by atoms with Gasteiger partial charge in [0.2, 0.25) is 5.91 Å². The molecule has 1 amide bonds. The molecule has 0 saturated heterocycles. The number of ether oxygens (including phenoxy) is 2. The van der Waals surface area contributed by atoms with Crippen LogP contribution in [0.15, 0.2) is 24.3 Å². The molecule has 1 heterocycles. The summed E-state index contributed by atoms with van der Waals surface area (Å²) < 4.78 is 36.0. The Morgan fingerprint density at radius 2 is 2.07 bits per heavy atom. The monoisotopic (exact) mass is 413 g/mol. The molecule has 0 bridgehead atoms. The lowest BCUT2D eigenvalue weighted by Crippen LogP contribution is -2.09. The number of nitrogens with one attached hydrogen (secondary N) is 1. The molecule has 6 nitrogen and oxygen atoms in total. The molecule has 9 heteroatoms. The fourth-order valence-corrected chi connectivity index (χ4v) is 2.82. The van der Waals surface area contributed by atoms with E-state index in [2.05, 4.69) is 29.0 Å². The summed E-state index contributed by atoms with van der Waals surface area (Å²) >= 11 is 6.34. The quantitative estimate of drug-likeness (QED) is 0.633. The zero-order valence-electron chi connectivity index (χ0n) is 16.0. The Hall–Kier alpha value is -2.61. The number of aryl methyl sites for hydroxylation is 1. The molecular weight excluding hydrogens is 392 g/mol. The van der Waals surface area contributed by atoms with E-state index in [-0.39, 0.29) is 17.2 Å². The first-order valence-corrected chi connectivity index (χ1v) is 8.93. The van der Waals surface area contributed by atoms with E-state index in [1.54, 1.807) is 17.7 Å². The average Bonchev–Trinajstić information content (AvgIpc) is 2.85. The highest BCUT2D eigenvalue weighted by Crippen LogP contribution is 2.31. The van der Waals surface area contributed by atoms with Crippen molar-refractivity contribution >= 4 is 29.3 Å². The third-order valence-electron chi connectivity index (χ3n) is 3.70. The molecular formula is C19H22ClF2N3O3. The van der Waals surface area contributed by atoms with Gasteiger partial charge in [-0.2, -0.15) is 13.9 Å². The van der Waals surface area contributed by atoms with Crippen LogP contribution in [-0.2, 0) is 11.3 Å². The van der Waals surface area contributed by atoms with Gasteiger partial charge in [0.05, 0.1) is 12.8 Å². The molecule has 1 aromatic carbocycles. The molecule has 1 aromatic heterocycles. The highest BCUT2D eigenvalue weighted by Gasteiger charge is 2.14. The Morgan fingerprint density at radius 3 is 2.68 bits per heavy atom. The van der Waals surface area contributed by atoms with Crippen LogP contribution in [-0.4, -0.2) is 29.4 Å². The van der Waals surface area contributed by atoms with E-state index in [1.807, 2.05) is 0 Å². The Labute approximate surface area is 167 Å². The van der Waals surface area contributed by atoms with Crippen LogP contribution >= 0.6 is 11.6 Å². The van der Waals surface area contributed by atoms with Gasteiger partial charge in [-0.3, -0.25) is 9.48 Å². The van der Waals surface area contributed by atoms with Crippen molar-refractivity contribution in [2.45, 2.75) is 33.9 Å². The van der Waals surface area contributed by atoms with Crippen molar-refractivity contribution in [2.24, 2.45) is 5.92 Å². The van der Waals surface area contributed by atoms with Gasteiger partial charge in [-0.1, -0.05) is 25.4 Å². The molecule has 0 aliphatic carbocycles. The van der Waals surface area contributed by atoms with Crippen LogP contribution in [0.4, 0.5) is 14.5 Å². The van der Waals surface area contributed by atoms with Gasteiger partial charge in [-0.25, -0.2) is 0 Å². The number of aromatic nitrogens is 2. The number of hydrogen-bond acceptors (Lipinski definition) is 4. The van der Waals surface area contributed by atoms with Gasteiger partial charge >= 0.3 is 6.61 Å². The zero-order valence-corrected chi connectivity index (χ0v) is 16.8. The first-order chi connectivity index (χ1) is 13.2. The number of hydrogen-bond donors (Lipinski definition) is 1. The molecule has 0 spiro atoms. The van der Waals surface area contributed by atoms with Crippen molar-refractivity contribution in [2.75, 3.05) is 12.4 Å². The first-order valence-electron chi connectivity index (χ1n) is 8.56. The lowest BCUT2D eigenvalue weighted by atomic mass is 10.2. The summed E-state index contributed by atoms with van der Waals surface area (Å²) in [4.78, 5) is 12.2. The van der Waals surface area contributed by atoms with Crippen LogP contribution in [0.3, 0.4) is 0 Å². The Morgan fingerprint density at radius 1 is 1.36 bits per heavy atom. The maximum Gasteiger partial charge on any atom is 0.387 e. The number of benzene rings is 1. The Kier molecular flexibility index (Phi) is 7.39. The molecule has 0 fully saturated rings. The van der Waals surface area contributed by atoms with Gasteiger partial charge in [0, 0.05) is 29.9 Å². The fraction of sp³-hybridized carbons (Fsp3) is 0.368. The van der Waals surface area contributed by atoms with E-state index in [0.29, 0.717) is 28.9 Å². The number of alkyl halides is 2. The van der Waals surface area contributed by atoms with E-state index in [0.717, 1.165) is 0 Å². The summed E-state index contributed by atoms with van der Waals surface area (Å²) in [6.07, 6.45) is 2.87. The lowest BCUT2D eigenvalue weighted by molar-refractivity contribution is -0.111. The van der Waals surface area contributed by atoms with E-state index in [1.165, 1.54) is 31.4 Å².